The fraction of sp³-hybridized carbons (Fsp3) is 0.438. The first kappa shape index (κ1) is 13.3. The molecule has 20 heavy (non-hydrogen) atoms. The minimum absolute atomic E-state index is 0.0221. The second kappa shape index (κ2) is 5.38. The van der Waals surface area contributed by atoms with E-state index in [0.29, 0.717) is 0 Å². The van der Waals surface area contributed by atoms with Crippen molar-refractivity contribution in [2.24, 2.45) is 7.05 Å². The van der Waals surface area contributed by atoms with Gasteiger partial charge in [0.25, 0.3) is 0 Å². The third-order valence-corrected chi connectivity index (χ3v) is 4.05. The smallest absolute Gasteiger partial charge is 0.0764 e. The van der Waals surface area contributed by atoms with Gasteiger partial charge in [0.1, 0.15) is 0 Å². The molecule has 1 aromatic heterocycles. The molecule has 1 N–H and O–H groups in total. The van der Waals surface area contributed by atoms with E-state index in [1.807, 2.05) is 17.9 Å². The van der Waals surface area contributed by atoms with Crippen LogP contribution in [-0.2, 0) is 19.1 Å². The fourth-order valence-electron chi connectivity index (χ4n) is 2.98. The molecule has 0 amide bonds. The van der Waals surface area contributed by atoms with Gasteiger partial charge in [-0.1, -0.05) is 30.3 Å². The monoisotopic (exact) mass is 270 g/mol. The Morgan fingerprint density at radius 1 is 1.25 bits per heavy atom. The van der Waals surface area contributed by atoms with E-state index >= 15 is 0 Å². The van der Waals surface area contributed by atoms with Crippen molar-refractivity contribution in [1.82, 2.24) is 20.0 Å². The van der Waals surface area contributed by atoms with Gasteiger partial charge in [0.15, 0.2) is 0 Å². The molecule has 2 heterocycles. The first-order valence-electron chi connectivity index (χ1n) is 7.17. The molecule has 1 fully saturated rings. The molecule has 0 aliphatic carbocycles. The minimum Gasteiger partial charge on any atom is -0.305 e. The number of hydrogen-bond acceptors (Lipinski definition) is 3. The van der Waals surface area contributed by atoms with Gasteiger partial charge in [-0.25, -0.2) is 0 Å². The van der Waals surface area contributed by atoms with Crippen LogP contribution in [0.2, 0.25) is 0 Å². The summed E-state index contributed by atoms with van der Waals surface area (Å²) in [7, 11) is 1.97. The molecule has 1 aliphatic heterocycles. The van der Waals surface area contributed by atoms with Crippen molar-refractivity contribution in [3.8, 4) is 0 Å². The third-order valence-electron chi connectivity index (χ3n) is 4.05. The molecular formula is C16H22N4. The van der Waals surface area contributed by atoms with E-state index in [1.165, 1.54) is 5.56 Å². The summed E-state index contributed by atoms with van der Waals surface area (Å²) in [6.45, 7) is 6.29. The predicted molar refractivity (Wildman–Crippen MR) is 80.3 cm³/mol. The molecule has 1 unspecified atom stereocenters. The minimum atomic E-state index is 0.0221. The van der Waals surface area contributed by atoms with Crippen molar-refractivity contribution in [2.75, 3.05) is 19.6 Å². The van der Waals surface area contributed by atoms with Gasteiger partial charge in [-0.3, -0.25) is 9.58 Å². The Kier molecular flexibility index (Phi) is 3.59. The lowest BCUT2D eigenvalue weighted by atomic mass is 9.89. The number of nitrogens with zero attached hydrogens (tertiary/aromatic N) is 3. The van der Waals surface area contributed by atoms with E-state index in [-0.39, 0.29) is 5.54 Å². The molecule has 0 bridgehead atoms. The summed E-state index contributed by atoms with van der Waals surface area (Å²) in [5, 5.41) is 8.15. The molecule has 1 atom stereocenters. The number of benzene rings is 1. The lowest BCUT2D eigenvalue weighted by Gasteiger charge is -2.41. The Bertz CT molecular complexity index is 563. The molecule has 4 nitrogen and oxygen atoms in total. The van der Waals surface area contributed by atoms with Crippen LogP contribution in [0.4, 0.5) is 0 Å². The lowest BCUT2D eigenvalue weighted by Crippen LogP contribution is -2.56. The molecule has 3 rings (SSSR count). The maximum absolute atomic E-state index is 4.48. The zero-order valence-corrected chi connectivity index (χ0v) is 12.2. The quantitative estimate of drug-likeness (QED) is 0.922. The molecule has 0 radical (unpaired) electrons. The van der Waals surface area contributed by atoms with Crippen LogP contribution in [0.15, 0.2) is 42.6 Å². The number of piperazine rings is 1. The normalized spacial score (nSPS) is 23.9. The van der Waals surface area contributed by atoms with E-state index in [0.717, 1.165) is 31.9 Å². The molecule has 1 aliphatic rings. The van der Waals surface area contributed by atoms with Gasteiger partial charge in [0.05, 0.1) is 11.2 Å². The standard InChI is InChI=1S/C16H22N4/c1-16(14-6-4-3-5-7-14)13-20(11-9-17-16)12-15-8-10-19(2)18-15/h3-8,10,17H,9,11-13H2,1-2H3. The number of hydrogen-bond donors (Lipinski definition) is 1. The number of rotatable bonds is 3. The topological polar surface area (TPSA) is 33.1 Å². The van der Waals surface area contributed by atoms with Crippen molar-refractivity contribution in [2.45, 2.75) is 19.0 Å². The summed E-state index contributed by atoms with van der Waals surface area (Å²) in [6, 6.07) is 12.8. The molecule has 106 valence electrons. The molecule has 0 spiro atoms. The van der Waals surface area contributed by atoms with Crippen molar-refractivity contribution >= 4 is 0 Å². The van der Waals surface area contributed by atoms with Crippen LogP contribution in [-0.4, -0.2) is 34.3 Å². The van der Waals surface area contributed by atoms with Crippen LogP contribution in [0.3, 0.4) is 0 Å². The summed E-state index contributed by atoms with van der Waals surface area (Å²) in [4.78, 5) is 2.48. The summed E-state index contributed by atoms with van der Waals surface area (Å²) < 4.78 is 1.87. The van der Waals surface area contributed by atoms with Crippen molar-refractivity contribution in [1.29, 1.82) is 0 Å². The van der Waals surface area contributed by atoms with Crippen LogP contribution >= 0.6 is 0 Å². The molecule has 1 saturated heterocycles. The van der Waals surface area contributed by atoms with Crippen molar-refractivity contribution in [3.05, 3.63) is 53.9 Å². The van der Waals surface area contributed by atoms with E-state index in [9.17, 15) is 0 Å². The number of aryl methyl sites for hydroxylation is 1. The third kappa shape index (κ3) is 2.76. The molecule has 0 saturated carbocycles. The van der Waals surface area contributed by atoms with Crippen LogP contribution in [0, 0.1) is 0 Å². The van der Waals surface area contributed by atoms with Gasteiger partial charge in [-0.15, -0.1) is 0 Å². The Balaban J connectivity index is 1.73. The highest BCUT2D eigenvalue weighted by Gasteiger charge is 2.32. The summed E-state index contributed by atoms with van der Waals surface area (Å²) in [6.07, 6.45) is 2.01. The van der Waals surface area contributed by atoms with Gasteiger partial charge in [0, 0.05) is 39.4 Å². The Labute approximate surface area is 120 Å². The predicted octanol–water partition coefficient (Wildman–Crippen LogP) is 1.74. The zero-order chi connectivity index (χ0) is 14.0. The number of aromatic nitrogens is 2. The van der Waals surface area contributed by atoms with Crippen LogP contribution < -0.4 is 5.32 Å². The maximum Gasteiger partial charge on any atom is 0.0764 e. The average Bonchev–Trinajstić information content (AvgIpc) is 2.85. The largest absolute Gasteiger partial charge is 0.305 e. The van der Waals surface area contributed by atoms with Gasteiger partial charge in [0.2, 0.25) is 0 Å². The highest BCUT2D eigenvalue weighted by atomic mass is 15.3. The lowest BCUT2D eigenvalue weighted by molar-refractivity contribution is 0.135. The van der Waals surface area contributed by atoms with Crippen LogP contribution in [0.25, 0.3) is 0 Å². The molecular weight excluding hydrogens is 248 g/mol. The van der Waals surface area contributed by atoms with E-state index in [2.05, 4.69) is 58.6 Å². The van der Waals surface area contributed by atoms with Crippen molar-refractivity contribution in [3.63, 3.8) is 0 Å². The summed E-state index contributed by atoms with van der Waals surface area (Å²) in [5.41, 5.74) is 2.52. The first-order chi connectivity index (χ1) is 9.66. The average molecular weight is 270 g/mol. The highest BCUT2D eigenvalue weighted by Crippen LogP contribution is 2.24. The van der Waals surface area contributed by atoms with Crippen molar-refractivity contribution < 1.29 is 0 Å². The summed E-state index contributed by atoms with van der Waals surface area (Å²) in [5.74, 6) is 0. The molecule has 1 aromatic carbocycles. The Morgan fingerprint density at radius 3 is 2.75 bits per heavy atom. The highest BCUT2D eigenvalue weighted by molar-refractivity contribution is 5.25. The first-order valence-corrected chi connectivity index (χ1v) is 7.17. The second-order valence-electron chi connectivity index (χ2n) is 5.82. The van der Waals surface area contributed by atoms with Gasteiger partial charge in [-0.05, 0) is 18.6 Å². The second-order valence-corrected chi connectivity index (χ2v) is 5.82. The van der Waals surface area contributed by atoms with Crippen LogP contribution in [0.5, 0.6) is 0 Å². The van der Waals surface area contributed by atoms with E-state index in [4.69, 9.17) is 0 Å². The Morgan fingerprint density at radius 2 is 2.05 bits per heavy atom. The SMILES string of the molecule is Cn1ccc(CN2CCNC(C)(c3ccccc3)C2)n1. The van der Waals surface area contributed by atoms with E-state index < -0.39 is 0 Å². The van der Waals surface area contributed by atoms with Gasteiger partial charge < -0.3 is 5.32 Å². The summed E-state index contributed by atoms with van der Waals surface area (Å²) >= 11 is 0. The zero-order valence-electron chi connectivity index (χ0n) is 12.2. The van der Waals surface area contributed by atoms with Gasteiger partial charge >= 0.3 is 0 Å². The van der Waals surface area contributed by atoms with E-state index in [1.54, 1.807) is 0 Å². The van der Waals surface area contributed by atoms with Crippen LogP contribution in [0.1, 0.15) is 18.2 Å². The Hall–Kier alpha value is -1.65. The fourth-order valence-corrected chi connectivity index (χ4v) is 2.98. The maximum atomic E-state index is 4.48. The van der Waals surface area contributed by atoms with Gasteiger partial charge in [-0.2, -0.15) is 5.10 Å². The molecule has 4 heteroatoms. The number of nitrogens with one attached hydrogen (secondary N) is 1. The molecule has 2 aromatic rings.